The summed E-state index contributed by atoms with van der Waals surface area (Å²) >= 11 is 0. The molecule has 72 valence electrons. The van der Waals surface area contributed by atoms with E-state index in [1.54, 1.807) is 0 Å². The molecule has 2 heterocycles. The third kappa shape index (κ3) is 1.14. The summed E-state index contributed by atoms with van der Waals surface area (Å²) < 4.78 is 0. The van der Waals surface area contributed by atoms with Gasteiger partial charge in [0.25, 0.3) is 0 Å². The first-order valence-electron chi connectivity index (χ1n) is 4.20. The zero-order chi connectivity index (χ0) is 9.42. The second kappa shape index (κ2) is 2.88. The molecule has 2 fully saturated rings. The van der Waals surface area contributed by atoms with E-state index >= 15 is 0 Å². The van der Waals surface area contributed by atoms with Crippen LogP contribution in [0.5, 0.6) is 0 Å². The minimum atomic E-state index is -0.396. The molecule has 6 heteroatoms. The third-order valence-electron chi connectivity index (χ3n) is 2.63. The number of rotatable bonds is 1. The topological polar surface area (TPSA) is 76.4 Å². The Morgan fingerprint density at radius 1 is 1.54 bits per heavy atom. The van der Waals surface area contributed by atoms with Crippen molar-refractivity contribution in [2.45, 2.75) is 24.9 Å². The fourth-order valence-electron chi connectivity index (χ4n) is 1.91. The molecule has 13 heavy (non-hydrogen) atoms. The van der Waals surface area contributed by atoms with Gasteiger partial charge in [-0.1, -0.05) is 5.16 Å². The number of carbonyl (C=O) groups is 1. The molecule has 2 rings (SSSR count). The maximum atomic E-state index is 11.3. The van der Waals surface area contributed by atoms with E-state index in [4.69, 9.17) is 5.21 Å². The van der Waals surface area contributed by atoms with Gasteiger partial charge in [-0.25, -0.2) is 9.86 Å². The number of hydroxylamine groups is 2. The smallest absolute Gasteiger partial charge is 0.344 e. The molecule has 0 saturated carbocycles. The molecule has 0 aromatic heterocycles. The highest BCUT2D eigenvalue weighted by Gasteiger charge is 2.43. The maximum absolute atomic E-state index is 11.3. The highest BCUT2D eigenvalue weighted by Crippen LogP contribution is 2.27. The van der Waals surface area contributed by atoms with Crippen molar-refractivity contribution in [3.63, 3.8) is 0 Å². The molecule has 2 N–H and O–H groups in total. The first kappa shape index (κ1) is 8.31. The number of carbonyl (C=O) groups excluding carboxylic acids is 1. The van der Waals surface area contributed by atoms with Crippen molar-refractivity contribution in [3.8, 4) is 0 Å². The Kier molecular flexibility index (Phi) is 1.84. The van der Waals surface area contributed by atoms with E-state index in [0.29, 0.717) is 6.54 Å². The lowest BCUT2D eigenvalue weighted by molar-refractivity contribution is -0.0583. The van der Waals surface area contributed by atoms with E-state index < -0.39 is 6.03 Å². The first-order chi connectivity index (χ1) is 6.24. The molecule has 2 atom stereocenters. The number of urea groups is 1. The molecule has 2 bridgehead atoms. The minimum Gasteiger partial charge on any atom is -0.411 e. The van der Waals surface area contributed by atoms with Gasteiger partial charge >= 0.3 is 6.03 Å². The molecule has 0 aliphatic carbocycles. The van der Waals surface area contributed by atoms with Crippen molar-refractivity contribution in [1.29, 1.82) is 0 Å². The number of amides is 2. The molecule has 2 aliphatic heterocycles. The summed E-state index contributed by atoms with van der Waals surface area (Å²) in [7, 11) is 0. The van der Waals surface area contributed by atoms with Gasteiger partial charge in [0.15, 0.2) is 0 Å². The van der Waals surface area contributed by atoms with Crippen LogP contribution >= 0.6 is 0 Å². The SMILES string of the molecule is O=C1N(O)[C@H]2CC[C@@H](/C=N/O)N1C2. The molecule has 0 aromatic carbocycles. The van der Waals surface area contributed by atoms with E-state index in [0.717, 1.165) is 17.9 Å². The summed E-state index contributed by atoms with van der Waals surface area (Å²) in [5.74, 6) is 0. The maximum Gasteiger partial charge on any atom is 0.344 e. The average Bonchev–Trinajstić information content (AvgIpc) is 2.37. The van der Waals surface area contributed by atoms with Gasteiger partial charge in [-0.05, 0) is 12.8 Å². The number of nitrogens with zero attached hydrogens (tertiary/aromatic N) is 3. The van der Waals surface area contributed by atoms with Crippen LogP contribution in [0.4, 0.5) is 4.79 Å². The molecule has 2 amide bonds. The number of hydrogen-bond acceptors (Lipinski definition) is 4. The van der Waals surface area contributed by atoms with Crippen molar-refractivity contribution in [2.75, 3.05) is 6.54 Å². The van der Waals surface area contributed by atoms with Gasteiger partial charge in [-0.15, -0.1) is 0 Å². The van der Waals surface area contributed by atoms with Gasteiger partial charge in [-0.2, -0.15) is 0 Å². The molecule has 0 unspecified atom stereocenters. The second-order valence-electron chi connectivity index (χ2n) is 3.34. The predicted molar refractivity (Wildman–Crippen MR) is 42.8 cm³/mol. The van der Waals surface area contributed by atoms with Crippen LogP contribution in [0.3, 0.4) is 0 Å². The minimum absolute atomic E-state index is 0.0872. The van der Waals surface area contributed by atoms with Gasteiger partial charge in [-0.3, -0.25) is 5.21 Å². The monoisotopic (exact) mass is 185 g/mol. The summed E-state index contributed by atoms with van der Waals surface area (Å²) in [6, 6.07) is -0.658. The Hall–Kier alpha value is -1.30. The van der Waals surface area contributed by atoms with Crippen LogP contribution in [0.2, 0.25) is 0 Å². The van der Waals surface area contributed by atoms with E-state index in [1.165, 1.54) is 11.1 Å². The number of fused-ring (bicyclic) bond motifs is 2. The fraction of sp³-hybridized carbons (Fsp3) is 0.714. The Morgan fingerprint density at radius 3 is 3.00 bits per heavy atom. The Balaban J connectivity index is 2.17. The normalized spacial score (nSPS) is 33.5. The van der Waals surface area contributed by atoms with Crippen molar-refractivity contribution in [3.05, 3.63) is 0 Å². The van der Waals surface area contributed by atoms with Crippen LogP contribution in [0.25, 0.3) is 0 Å². The number of hydrogen-bond donors (Lipinski definition) is 2. The fourth-order valence-corrected chi connectivity index (χ4v) is 1.91. The Morgan fingerprint density at radius 2 is 2.31 bits per heavy atom. The van der Waals surface area contributed by atoms with Crippen LogP contribution in [-0.4, -0.2) is 51.3 Å². The third-order valence-corrected chi connectivity index (χ3v) is 2.63. The van der Waals surface area contributed by atoms with Gasteiger partial charge in [0.2, 0.25) is 0 Å². The van der Waals surface area contributed by atoms with Crippen LogP contribution in [0.15, 0.2) is 5.16 Å². The zero-order valence-electron chi connectivity index (χ0n) is 7.00. The van der Waals surface area contributed by atoms with Gasteiger partial charge < -0.3 is 10.1 Å². The predicted octanol–water partition coefficient (Wildman–Crippen LogP) is 0.104. The van der Waals surface area contributed by atoms with E-state index in [1.807, 2.05) is 0 Å². The quantitative estimate of drug-likeness (QED) is 0.263. The summed E-state index contributed by atoms with van der Waals surface area (Å²) in [6.07, 6.45) is 2.81. The first-order valence-corrected chi connectivity index (χ1v) is 4.20. The molecule has 6 nitrogen and oxygen atoms in total. The summed E-state index contributed by atoms with van der Waals surface area (Å²) in [5, 5.41) is 21.3. The second-order valence-corrected chi connectivity index (χ2v) is 3.34. The molecule has 2 aliphatic rings. The molecule has 0 radical (unpaired) electrons. The molecular weight excluding hydrogens is 174 g/mol. The Labute approximate surface area is 75.0 Å². The summed E-state index contributed by atoms with van der Waals surface area (Å²) in [6.45, 7) is 0.520. The lowest BCUT2D eigenvalue weighted by Gasteiger charge is -2.26. The van der Waals surface area contributed by atoms with Crippen LogP contribution in [-0.2, 0) is 0 Å². The van der Waals surface area contributed by atoms with Gasteiger partial charge in [0, 0.05) is 6.54 Å². The highest BCUT2D eigenvalue weighted by atomic mass is 16.5. The lowest BCUT2D eigenvalue weighted by atomic mass is 10.0. The largest absolute Gasteiger partial charge is 0.411 e. The standard InChI is InChI=1S/C7H11N3O3/c11-7-9-4-6(10(7)13)2-1-5(9)3-8-12/h3,5-6,12-13H,1-2,4H2/b8-3+/t5-,6-/m0/s1. The van der Waals surface area contributed by atoms with E-state index in [2.05, 4.69) is 5.16 Å². The highest BCUT2D eigenvalue weighted by molar-refractivity contribution is 5.81. The van der Waals surface area contributed by atoms with Crippen molar-refractivity contribution < 1.29 is 15.2 Å². The molecule has 2 saturated heterocycles. The summed E-state index contributed by atoms with van der Waals surface area (Å²) in [5.41, 5.74) is 0. The number of oxime groups is 1. The van der Waals surface area contributed by atoms with Crippen molar-refractivity contribution >= 4 is 12.2 Å². The van der Waals surface area contributed by atoms with Crippen LogP contribution < -0.4 is 0 Å². The molecule has 0 spiro atoms. The van der Waals surface area contributed by atoms with E-state index in [-0.39, 0.29) is 12.1 Å². The van der Waals surface area contributed by atoms with Crippen molar-refractivity contribution in [2.24, 2.45) is 5.16 Å². The molecular formula is C7H11N3O3. The summed E-state index contributed by atoms with van der Waals surface area (Å²) in [4.78, 5) is 12.8. The van der Waals surface area contributed by atoms with Crippen LogP contribution in [0.1, 0.15) is 12.8 Å². The lowest BCUT2D eigenvalue weighted by Crippen LogP contribution is -2.40. The van der Waals surface area contributed by atoms with Crippen molar-refractivity contribution in [1.82, 2.24) is 9.96 Å². The van der Waals surface area contributed by atoms with Gasteiger partial charge in [0.1, 0.15) is 0 Å². The zero-order valence-corrected chi connectivity index (χ0v) is 7.00. The average molecular weight is 185 g/mol. The Bertz CT molecular complexity index is 255. The van der Waals surface area contributed by atoms with Gasteiger partial charge in [0.05, 0.1) is 18.3 Å². The molecule has 0 aromatic rings. The van der Waals surface area contributed by atoms with E-state index in [9.17, 15) is 10.0 Å². The van der Waals surface area contributed by atoms with Crippen LogP contribution in [0, 0.1) is 0 Å². The number of piperidine rings is 1.